The quantitative estimate of drug-likeness (QED) is 0.196. The van der Waals surface area contributed by atoms with Crippen LogP contribution in [0.3, 0.4) is 0 Å². The second kappa shape index (κ2) is 12.0. The minimum absolute atomic E-state index is 0.331. The number of hydrogen-bond acceptors (Lipinski definition) is 4. The molecule has 0 aromatic heterocycles. The van der Waals surface area contributed by atoms with Crippen molar-refractivity contribution in [3.63, 3.8) is 0 Å². The highest BCUT2D eigenvalue weighted by molar-refractivity contribution is 7.49. The molecule has 0 fully saturated rings. The molecule has 0 amide bonds. The maximum Gasteiger partial charge on any atom is 0.400 e. The van der Waals surface area contributed by atoms with Gasteiger partial charge in [0.2, 0.25) is 0 Å². The third-order valence-electron chi connectivity index (χ3n) is 2.36. The van der Waals surface area contributed by atoms with Gasteiger partial charge < -0.3 is 26.2 Å². The zero-order chi connectivity index (χ0) is 13.7. The maximum absolute atomic E-state index is 10.5. The molecule has 0 aromatic rings. The van der Waals surface area contributed by atoms with Crippen LogP contribution in [0.5, 0.6) is 0 Å². The highest BCUT2D eigenvalue weighted by Crippen LogP contribution is 2.27. The van der Waals surface area contributed by atoms with Gasteiger partial charge in [0.25, 0.3) is 0 Å². The van der Waals surface area contributed by atoms with Gasteiger partial charge in [-0.3, -0.25) is 0 Å². The molecule has 0 aliphatic heterocycles. The lowest BCUT2D eigenvalue weighted by atomic mass is 10.3. The van der Waals surface area contributed by atoms with Gasteiger partial charge >= 0.3 is 7.75 Å². The molecule has 110 valence electrons. The molecule has 0 saturated heterocycles. The lowest BCUT2D eigenvalue weighted by Crippen LogP contribution is -2.23. The van der Waals surface area contributed by atoms with Gasteiger partial charge in [0.15, 0.2) is 0 Å². The molecule has 0 aliphatic rings. The largest absolute Gasteiger partial charge is 0.400 e. The normalized spacial score (nSPS) is 11.9. The molecule has 0 atom stereocenters. The Morgan fingerprint density at radius 2 is 1.33 bits per heavy atom. The van der Waals surface area contributed by atoms with Gasteiger partial charge in [0.1, 0.15) is 0 Å². The Bertz CT molecular complexity index is 225. The first-order chi connectivity index (χ1) is 8.56. The Morgan fingerprint density at radius 1 is 0.833 bits per heavy atom. The van der Waals surface area contributed by atoms with Crippen LogP contribution in [0.2, 0.25) is 0 Å². The number of nitrogens with one attached hydrogen (secondary N) is 3. The van der Waals surface area contributed by atoms with Crippen molar-refractivity contribution in [3.05, 3.63) is 0 Å². The van der Waals surface area contributed by atoms with Crippen molar-refractivity contribution < 1.29 is 14.4 Å². The van der Waals surface area contributed by atoms with E-state index in [0.717, 1.165) is 52.0 Å². The Morgan fingerprint density at radius 3 is 1.83 bits per heavy atom. The summed E-state index contributed by atoms with van der Waals surface area (Å²) in [7, 11) is -4.04. The summed E-state index contributed by atoms with van der Waals surface area (Å²) < 4.78 is 10.5. The summed E-state index contributed by atoms with van der Waals surface area (Å²) in [5, 5.41) is 8.70. The summed E-state index contributed by atoms with van der Waals surface area (Å²) in [4.78, 5) is 17.1. The molecular weight excluding hydrogens is 255 g/mol. The lowest BCUT2D eigenvalue weighted by molar-refractivity contribution is 0.356. The first kappa shape index (κ1) is 18.0. The average Bonchev–Trinajstić information content (AvgIpc) is 2.29. The third-order valence-corrected chi connectivity index (χ3v) is 3.00. The summed E-state index contributed by atoms with van der Waals surface area (Å²) >= 11 is 0. The van der Waals surface area contributed by atoms with Crippen molar-refractivity contribution in [1.82, 2.24) is 15.7 Å². The van der Waals surface area contributed by atoms with Crippen LogP contribution in [0.4, 0.5) is 0 Å². The van der Waals surface area contributed by atoms with Crippen LogP contribution in [0, 0.1) is 0 Å². The standard InChI is InChI=1S/C10H27N4O3P/c11-5-3-8-12-6-1-2-7-13-9-4-10-14-18(15,16)17/h12-13H,1-11H2,(H3,14,15,16,17). The summed E-state index contributed by atoms with van der Waals surface area (Å²) in [6.45, 7) is 4.77. The van der Waals surface area contributed by atoms with Crippen LogP contribution in [0.1, 0.15) is 25.7 Å². The van der Waals surface area contributed by atoms with Crippen LogP contribution in [-0.2, 0) is 4.57 Å². The lowest BCUT2D eigenvalue weighted by Gasteiger charge is -2.07. The molecule has 0 unspecified atom stereocenters. The topological polar surface area (TPSA) is 120 Å². The zero-order valence-electron chi connectivity index (χ0n) is 10.9. The summed E-state index contributed by atoms with van der Waals surface area (Å²) in [5.41, 5.74) is 5.37. The van der Waals surface area contributed by atoms with E-state index in [1.807, 2.05) is 0 Å². The van der Waals surface area contributed by atoms with Crippen LogP contribution in [0.25, 0.3) is 0 Å². The first-order valence-electron chi connectivity index (χ1n) is 6.48. The fraction of sp³-hybridized carbons (Fsp3) is 1.00. The van der Waals surface area contributed by atoms with E-state index in [1.54, 1.807) is 0 Å². The van der Waals surface area contributed by atoms with E-state index in [-0.39, 0.29) is 0 Å². The second-order valence-corrected chi connectivity index (χ2v) is 5.56. The second-order valence-electron chi connectivity index (χ2n) is 4.16. The third kappa shape index (κ3) is 16.0. The molecular formula is C10H27N4O3P. The van der Waals surface area contributed by atoms with Crippen LogP contribution >= 0.6 is 7.75 Å². The summed E-state index contributed by atoms with van der Waals surface area (Å²) in [6, 6.07) is 0. The molecule has 8 heteroatoms. The number of hydrogen-bond donors (Lipinski definition) is 6. The van der Waals surface area contributed by atoms with E-state index in [0.29, 0.717) is 13.0 Å². The monoisotopic (exact) mass is 282 g/mol. The summed E-state index contributed by atoms with van der Waals surface area (Å²) in [6.07, 6.45) is 3.95. The van der Waals surface area contributed by atoms with E-state index in [2.05, 4.69) is 15.7 Å². The van der Waals surface area contributed by atoms with Gasteiger partial charge in [-0.2, -0.15) is 0 Å². The molecule has 7 N–H and O–H groups in total. The van der Waals surface area contributed by atoms with Crippen molar-refractivity contribution in [3.8, 4) is 0 Å². The summed E-state index contributed by atoms with van der Waals surface area (Å²) in [5.74, 6) is 0. The molecule has 0 saturated carbocycles. The van der Waals surface area contributed by atoms with E-state index in [9.17, 15) is 4.57 Å². The van der Waals surface area contributed by atoms with Crippen molar-refractivity contribution in [1.29, 1.82) is 0 Å². The van der Waals surface area contributed by atoms with Crippen molar-refractivity contribution in [2.24, 2.45) is 5.73 Å². The number of nitrogens with two attached hydrogens (primary N) is 1. The predicted molar refractivity (Wildman–Crippen MR) is 73.3 cm³/mol. The van der Waals surface area contributed by atoms with Crippen LogP contribution in [0.15, 0.2) is 0 Å². The van der Waals surface area contributed by atoms with E-state index in [1.165, 1.54) is 0 Å². The van der Waals surface area contributed by atoms with Crippen molar-refractivity contribution >= 4 is 7.75 Å². The average molecular weight is 282 g/mol. The Balaban J connectivity index is 3.01. The van der Waals surface area contributed by atoms with Crippen LogP contribution < -0.4 is 21.5 Å². The van der Waals surface area contributed by atoms with Gasteiger partial charge in [-0.05, 0) is 58.4 Å². The van der Waals surface area contributed by atoms with Crippen molar-refractivity contribution in [2.75, 3.05) is 39.3 Å². The molecule has 0 aliphatic carbocycles. The van der Waals surface area contributed by atoms with E-state index < -0.39 is 7.75 Å². The maximum atomic E-state index is 10.5. The fourth-order valence-corrected chi connectivity index (χ4v) is 1.86. The first-order valence-corrected chi connectivity index (χ1v) is 8.09. The van der Waals surface area contributed by atoms with Gasteiger partial charge in [-0.25, -0.2) is 9.65 Å². The highest BCUT2D eigenvalue weighted by atomic mass is 31.2. The number of rotatable bonds is 13. The Hall–Kier alpha value is -0.0100. The van der Waals surface area contributed by atoms with E-state index in [4.69, 9.17) is 15.5 Å². The molecule has 7 nitrogen and oxygen atoms in total. The minimum Gasteiger partial charge on any atom is -0.330 e. The van der Waals surface area contributed by atoms with Gasteiger partial charge in [-0.1, -0.05) is 0 Å². The molecule has 0 aromatic carbocycles. The molecule has 0 spiro atoms. The highest BCUT2D eigenvalue weighted by Gasteiger charge is 2.09. The SMILES string of the molecule is NCCCNCCCCNCCCNP(=O)(O)O. The molecule has 18 heavy (non-hydrogen) atoms. The van der Waals surface area contributed by atoms with Gasteiger partial charge in [-0.15, -0.1) is 0 Å². The molecule has 0 heterocycles. The predicted octanol–water partition coefficient (Wildman–Crippen LogP) is -0.633. The number of unbranched alkanes of at least 4 members (excludes halogenated alkanes) is 1. The molecule has 0 rings (SSSR count). The molecule has 0 bridgehead atoms. The zero-order valence-corrected chi connectivity index (χ0v) is 11.8. The Labute approximate surface area is 109 Å². The smallest absolute Gasteiger partial charge is 0.330 e. The van der Waals surface area contributed by atoms with E-state index >= 15 is 0 Å². The van der Waals surface area contributed by atoms with Gasteiger partial charge in [0, 0.05) is 6.54 Å². The van der Waals surface area contributed by atoms with Crippen LogP contribution in [-0.4, -0.2) is 49.1 Å². The van der Waals surface area contributed by atoms with Gasteiger partial charge in [0.05, 0.1) is 0 Å². The Kier molecular flexibility index (Phi) is 12.0. The molecule has 0 radical (unpaired) electrons. The fourth-order valence-electron chi connectivity index (χ4n) is 1.42. The minimum atomic E-state index is -4.04. The van der Waals surface area contributed by atoms with Crippen molar-refractivity contribution in [2.45, 2.75) is 25.7 Å².